The zero-order chi connectivity index (χ0) is 26.5. The predicted octanol–water partition coefficient (Wildman–Crippen LogP) is 4.84. The van der Waals surface area contributed by atoms with Gasteiger partial charge in [-0.1, -0.05) is 32.1 Å². The number of aromatic amines is 1. The van der Waals surface area contributed by atoms with Crippen LogP contribution in [0.5, 0.6) is 0 Å². The van der Waals surface area contributed by atoms with Gasteiger partial charge in [-0.2, -0.15) is 0 Å². The van der Waals surface area contributed by atoms with Crippen LogP contribution in [0.3, 0.4) is 0 Å². The van der Waals surface area contributed by atoms with Gasteiger partial charge in [-0.05, 0) is 54.3 Å². The molecule has 0 radical (unpaired) electrons. The number of fused-ring (bicyclic) bond motifs is 1. The fourth-order valence-electron chi connectivity index (χ4n) is 4.89. The van der Waals surface area contributed by atoms with E-state index < -0.39 is 17.2 Å². The van der Waals surface area contributed by atoms with E-state index >= 15 is 0 Å². The van der Waals surface area contributed by atoms with Crippen LogP contribution >= 0.6 is 0 Å². The zero-order valence-corrected chi connectivity index (χ0v) is 21.6. The molecule has 1 saturated heterocycles. The number of ether oxygens (including phenoxy) is 1. The smallest absolute Gasteiger partial charge is 0.252 e. The van der Waals surface area contributed by atoms with Gasteiger partial charge in [0.25, 0.3) is 5.56 Å². The van der Waals surface area contributed by atoms with E-state index in [4.69, 9.17) is 4.74 Å². The van der Waals surface area contributed by atoms with Gasteiger partial charge in [-0.3, -0.25) is 9.59 Å². The zero-order valence-electron chi connectivity index (χ0n) is 21.6. The van der Waals surface area contributed by atoms with E-state index in [-0.39, 0.29) is 28.8 Å². The number of nitrogens with zero attached hydrogens (tertiary/aromatic N) is 2. The van der Waals surface area contributed by atoms with Crippen LogP contribution in [0, 0.1) is 18.6 Å². The molecule has 1 fully saturated rings. The van der Waals surface area contributed by atoms with Crippen LogP contribution in [-0.2, 0) is 16.0 Å². The maximum absolute atomic E-state index is 14.4. The molecular weight excluding hydrogens is 476 g/mol. The molecule has 1 N–H and O–H groups in total. The Bertz CT molecular complexity index is 1360. The number of nitrogens with one attached hydrogen (secondary N) is 1. The number of halogens is 2. The lowest BCUT2D eigenvalue weighted by atomic mass is 9.98. The maximum atomic E-state index is 14.4. The molecule has 2 aliphatic heterocycles. The monoisotopic (exact) mass is 509 g/mol. The lowest BCUT2D eigenvalue weighted by molar-refractivity contribution is -0.130. The molecule has 3 aromatic rings. The van der Waals surface area contributed by atoms with Crippen molar-refractivity contribution >= 4 is 28.1 Å². The molecule has 0 bridgehead atoms. The molecular formula is C29H33F2N3O3. The quantitative estimate of drug-likeness (QED) is 0.547. The number of morpholine rings is 1. The molecule has 5 rings (SSSR count). The molecule has 0 saturated carbocycles. The third-order valence-electron chi connectivity index (χ3n) is 6.89. The first-order valence-electron chi connectivity index (χ1n) is 12.8. The third-order valence-corrected chi connectivity index (χ3v) is 6.89. The van der Waals surface area contributed by atoms with Crippen molar-refractivity contribution in [3.05, 3.63) is 81.2 Å². The first kappa shape index (κ1) is 26.5. The number of carbonyl (C=O) groups excluding carboxylic acids is 1. The summed E-state index contributed by atoms with van der Waals surface area (Å²) < 4.78 is 33.7. The minimum atomic E-state index is -1.02. The van der Waals surface area contributed by atoms with Crippen LogP contribution < -0.4 is 10.5 Å². The van der Waals surface area contributed by atoms with Crippen LogP contribution in [0.15, 0.2) is 47.3 Å². The second-order valence-corrected chi connectivity index (χ2v) is 9.00. The van der Waals surface area contributed by atoms with Gasteiger partial charge in [0.15, 0.2) is 11.6 Å². The Morgan fingerprint density at radius 1 is 1.03 bits per heavy atom. The van der Waals surface area contributed by atoms with Crippen molar-refractivity contribution in [2.75, 3.05) is 44.3 Å². The van der Waals surface area contributed by atoms with E-state index in [9.17, 15) is 18.4 Å². The van der Waals surface area contributed by atoms with Gasteiger partial charge in [0.05, 0.1) is 25.2 Å². The number of hydrogen-bond acceptors (Lipinski definition) is 4. The summed E-state index contributed by atoms with van der Waals surface area (Å²) in [5.74, 6) is -2.23. The van der Waals surface area contributed by atoms with Gasteiger partial charge >= 0.3 is 0 Å². The molecule has 0 atom stereocenters. The number of rotatable bonds is 4. The van der Waals surface area contributed by atoms with Crippen molar-refractivity contribution in [2.24, 2.45) is 0 Å². The standard InChI is InChI=1S/C27H27F2N3O3.C2H6/c1-17-21(27(34)30-23-9-8-22(28)26(29)25(17)23)15-24(33)32-10-2-3-19(16-32)18-4-6-20(7-5-18)31-11-13-35-14-12-31;1-2/h3-9H,2,10-16H2,1H3,(H,30,34);1-2H3. The highest BCUT2D eigenvalue weighted by molar-refractivity contribution is 5.87. The summed E-state index contributed by atoms with van der Waals surface area (Å²) in [6, 6.07) is 10.6. The van der Waals surface area contributed by atoms with Crippen LogP contribution in [0.4, 0.5) is 14.5 Å². The van der Waals surface area contributed by atoms with Crippen molar-refractivity contribution < 1.29 is 18.3 Å². The Labute approximate surface area is 215 Å². The second kappa shape index (κ2) is 11.7. The average molecular weight is 510 g/mol. The van der Waals surface area contributed by atoms with Gasteiger partial charge in [-0.15, -0.1) is 0 Å². The van der Waals surface area contributed by atoms with Gasteiger partial charge < -0.3 is 19.5 Å². The number of anilines is 1. The van der Waals surface area contributed by atoms with E-state index in [1.165, 1.54) is 6.07 Å². The molecule has 1 aromatic heterocycles. The number of hydrogen-bond donors (Lipinski definition) is 1. The molecule has 0 aliphatic carbocycles. The summed E-state index contributed by atoms with van der Waals surface area (Å²) in [4.78, 5) is 32.4. The first-order valence-corrected chi connectivity index (χ1v) is 12.8. The fourth-order valence-corrected chi connectivity index (χ4v) is 4.89. The van der Waals surface area contributed by atoms with Crippen LogP contribution in [0.1, 0.15) is 37.0 Å². The van der Waals surface area contributed by atoms with E-state index in [0.29, 0.717) is 25.1 Å². The lowest BCUT2D eigenvalue weighted by Crippen LogP contribution is -2.37. The Morgan fingerprint density at radius 2 is 1.73 bits per heavy atom. The van der Waals surface area contributed by atoms with Crippen molar-refractivity contribution in [1.29, 1.82) is 0 Å². The number of amides is 1. The molecule has 2 aromatic carbocycles. The second-order valence-electron chi connectivity index (χ2n) is 9.00. The summed E-state index contributed by atoms with van der Waals surface area (Å²) in [6.07, 6.45) is 2.68. The molecule has 3 heterocycles. The number of aromatic nitrogens is 1. The number of H-pyrrole nitrogens is 1. The van der Waals surface area contributed by atoms with E-state index in [2.05, 4.69) is 40.2 Å². The van der Waals surface area contributed by atoms with Crippen LogP contribution in [0.2, 0.25) is 0 Å². The third kappa shape index (κ3) is 5.59. The highest BCUT2D eigenvalue weighted by Crippen LogP contribution is 2.26. The summed E-state index contributed by atoms with van der Waals surface area (Å²) in [5.41, 5.74) is 3.47. The molecule has 8 heteroatoms. The van der Waals surface area contributed by atoms with Gasteiger partial charge in [-0.25, -0.2) is 8.78 Å². The molecule has 1 amide bonds. The van der Waals surface area contributed by atoms with Crippen molar-refractivity contribution in [3.63, 3.8) is 0 Å². The van der Waals surface area contributed by atoms with Crippen LogP contribution in [0.25, 0.3) is 16.5 Å². The van der Waals surface area contributed by atoms with Crippen molar-refractivity contribution in [3.8, 4) is 0 Å². The number of pyridine rings is 1. The molecule has 2 aliphatic rings. The Kier molecular flexibility index (Phi) is 8.38. The fraction of sp³-hybridized carbons (Fsp3) is 0.379. The number of carbonyl (C=O) groups is 1. The normalized spacial score (nSPS) is 15.8. The highest BCUT2D eigenvalue weighted by atomic mass is 19.2. The Morgan fingerprint density at radius 3 is 2.43 bits per heavy atom. The van der Waals surface area contributed by atoms with Crippen LogP contribution in [-0.4, -0.2) is 55.2 Å². The lowest BCUT2D eigenvalue weighted by Gasteiger charge is -2.30. The molecule has 0 spiro atoms. The van der Waals surface area contributed by atoms with E-state index in [1.54, 1.807) is 11.8 Å². The summed E-state index contributed by atoms with van der Waals surface area (Å²) in [5, 5.41) is 0.00647. The molecule has 0 unspecified atom stereocenters. The van der Waals surface area contributed by atoms with Gasteiger partial charge in [0.2, 0.25) is 5.91 Å². The first-order chi connectivity index (χ1) is 17.9. The molecule has 37 heavy (non-hydrogen) atoms. The summed E-state index contributed by atoms with van der Waals surface area (Å²) in [7, 11) is 0. The van der Waals surface area contributed by atoms with E-state index in [0.717, 1.165) is 49.2 Å². The Balaban J connectivity index is 0.00000156. The maximum Gasteiger partial charge on any atom is 0.252 e. The minimum absolute atomic E-state index is 0.00647. The SMILES string of the molecule is CC.Cc1c(CC(=O)N2CCC=C(c3ccc(N4CCOCC4)cc3)C2)c(=O)[nH]c2ccc(F)c(F)c12. The molecule has 6 nitrogen and oxygen atoms in total. The molecule has 196 valence electrons. The average Bonchev–Trinajstić information content (AvgIpc) is 2.94. The Hall–Kier alpha value is -3.52. The highest BCUT2D eigenvalue weighted by Gasteiger charge is 2.23. The topological polar surface area (TPSA) is 65.6 Å². The van der Waals surface area contributed by atoms with Gasteiger partial charge in [0.1, 0.15) is 0 Å². The number of aryl methyl sites for hydroxylation is 1. The van der Waals surface area contributed by atoms with Gasteiger partial charge in [0, 0.05) is 42.8 Å². The summed E-state index contributed by atoms with van der Waals surface area (Å²) >= 11 is 0. The summed E-state index contributed by atoms with van der Waals surface area (Å²) in [6.45, 7) is 9.73. The van der Waals surface area contributed by atoms with Crippen molar-refractivity contribution in [2.45, 2.75) is 33.6 Å². The largest absolute Gasteiger partial charge is 0.378 e. The van der Waals surface area contributed by atoms with E-state index in [1.807, 2.05) is 13.8 Å². The number of benzene rings is 2. The minimum Gasteiger partial charge on any atom is -0.378 e. The predicted molar refractivity (Wildman–Crippen MR) is 143 cm³/mol. The van der Waals surface area contributed by atoms with Crippen molar-refractivity contribution in [1.82, 2.24) is 9.88 Å².